The molecule has 0 bridgehead atoms. The second-order valence-corrected chi connectivity index (χ2v) is 8.98. The molecule has 1 aromatic carbocycles. The van der Waals surface area contributed by atoms with Gasteiger partial charge >= 0.3 is 0 Å². The highest BCUT2D eigenvalue weighted by atomic mass is 19.1. The molecule has 0 unspecified atom stereocenters. The van der Waals surface area contributed by atoms with Crippen LogP contribution in [0.2, 0.25) is 0 Å². The van der Waals surface area contributed by atoms with Crippen LogP contribution in [-0.2, 0) is 4.74 Å². The molecule has 9 heteroatoms. The van der Waals surface area contributed by atoms with Crippen LogP contribution in [0.4, 0.5) is 10.2 Å². The van der Waals surface area contributed by atoms with Gasteiger partial charge in [0.25, 0.3) is 5.89 Å². The van der Waals surface area contributed by atoms with Crippen LogP contribution in [0.3, 0.4) is 0 Å². The van der Waals surface area contributed by atoms with Crippen LogP contribution in [0.1, 0.15) is 41.7 Å². The average Bonchev–Trinajstić information content (AvgIpc) is 3.45. The molecule has 2 aromatic heterocycles. The predicted octanol–water partition coefficient (Wildman–Crippen LogP) is 3.79. The monoisotopic (exact) mass is 458 g/mol. The van der Waals surface area contributed by atoms with Gasteiger partial charge in [-0.15, -0.1) is 0 Å². The second-order valence-electron chi connectivity index (χ2n) is 8.98. The molecule has 1 N–H and O–H groups in total. The van der Waals surface area contributed by atoms with Crippen LogP contribution in [0.15, 0.2) is 16.7 Å². The first-order valence-electron chi connectivity index (χ1n) is 12.8. The van der Waals surface area contributed by atoms with E-state index in [0.717, 1.165) is 38.5 Å². The van der Waals surface area contributed by atoms with E-state index in [0.29, 0.717) is 46.8 Å². The molecule has 8 nitrogen and oxygen atoms in total. The number of pyridine rings is 1. The van der Waals surface area contributed by atoms with E-state index in [1.54, 1.807) is 6.92 Å². The zero-order chi connectivity index (χ0) is 25.6. The summed E-state index contributed by atoms with van der Waals surface area (Å²) in [5, 5.41) is 8.08. The minimum Gasteiger partial charge on any atom is -0.497 e. The lowest BCUT2D eigenvalue weighted by Crippen LogP contribution is -2.50. The van der Waals surface area contributed by atoms with Gasteiger partial charge in [0.05, 0.1) is 23.3 Å². The number of halogens is 1. The first-order valence-corrected chi connectivity index (χ1v) is 11.3. The van der Waals surface area contributed by atoms with Crippen molar-refractivity contribution in [3.05, 3.63) is 29.3 Å². The zero-order valence-electron chi connectivity index (χ0n) is 22.0. The Kier molecular flexibility index (Phi) is 5.01. The molecule has 0 saturated carbocycles. The lowest BCUT2D eigenvalue weighted by molar-refractivity contribution is 0.185. The highest BCUT2D eigenvalue weighted by molar-refractivity contribution is 5.93. The Balaban J connectivity index is 1.56. The smallest absolute Gasteiger partial charge is 0.261 e. The molecule has 3 atom stereocenters. The van der Waals surface area contributed by atoms with Gasteiger partial charge in [-0.2, -0.15) is 4.98 Å². The van der Waals surface area contributed by atoms with Crippen molar-refractivity contribution in [3.63, 3.8) is 0 Å². The summed E-state index contributed by atoms with van der Waals surface area (Å²) < 4.78 is 53.4. The Labute approximate surface area is 196 Å². The second kappa shape index (κ2) is 8.87. The molecule has 5 rings (SSSR count). The van der Waals surface area contributed by atoms with Gasteiger partial charge in [0.15, 0.2) is 11.6 Å². The fourth-order valence-electron chi connectivity index (χ4n) is 5.00. The van der Waals surface area contributed by atoms with Gasteiger partial charge in [-0.1, -0.05) is 5.16 Å². The van der Waals surface area contributed by atoms with Crippen molar-refractivity contribution >= 4 is 16.7 Å². The van der Waals surface area contributed by atoms with Crippen molar-refractivity contribution in [2.24, 2.45) is 0 Å². The fourth-order valence-corrected chi connectivity index (χ4v) is 5.00. The van der Waals surface area contributed by atoms with Crippen LogP contribution < -0.4 is 15.0 Å². The van der Waals surface area contributed by atoms with E-state index in [1.807, 2.05) is 6.92 Å². The Morgan fingerprint density at radius 1 is 1.24 bits per heavy atom. The number of rotatable bonds is 5. The van der Waals surface area contributed by atoms with Crippen molar-refractivity contribution in [2.45, 2.75) is 58.2 Å². The average molecular weight is 459 g/mol. The normalized spacial score (nSPS) is 25.2. The molecule has 0 amide bonds. The van der Waals surface area contributed by atoms with Crippen LogP contribution in [0, 0.1) is 19.7 Å². The van der Waals surface area contributed by atoms with Gasteiger partial charge in [-0.25, -0.2) is 9.37 Å². The van der Waals surface area contributed by atoms with Gasteiger partial charge in [0.2, 0.25) is 0 Å². The molecular formula is C24H30FN5O3. The maximum atomic E-state index is 15.3. The molecular weight excluding hydrogens is 425 g/mol. The Morgan fingerprint density at radius 3 is 2.82 bits per heavy atom. The Bertz CT molecular complexity index is 1260. The highest BCUT2D eigenvalue weighted by Gasteiger charge is 2.32. The topological polar surface area (TPSA) is 85.5 Å². The first kappa shape index (κ1) is 18.6. The number of aromatic nitrogens is 3. The van der Waals surface area contributed by atoms with Crippen LogP contribution >= 0.6 is 0 Å². The number of ether oxygens (including phenoxy) is 2. The molecule has 176 valence electrons. The number of hydrogen-bond acceptors (Lipinski definition) is 8. The maximum Gasteiger partial charge on any atom is 0.261 e. The molecule has 2 saturated heterocycles. The number of fused-ring (bicyclic) bond motifs is 1. The summed E-state index contributed by atoms with van der Waals surface area (Å²) in [5.74, 6) is 0.571. The zero-order valence-corrected chi connectivity index (χ0v) is 19.0. The number of methoxy groups -OCH3 is 1. The summed E-state index contributed by atoms with van der Waals surface area (Å²) >= 11 is 0. The molecule has 0 spiro atoms. The molecule has 33 heavy (non-hydrogen) atoms. The lowest BCUT2D eigenvalue weighted by Gasteiger charge is -2.40. The van der Waals surface area contributed by atoms with Gasteiger partial charge < -0.3 is 24.2 Å². The quantitative estimate of drug-likeness (QED) is 0.618. The summed E-state index contributed by atoms with van der Waals surface area (Å²) in [7, 11) is -2.70. The first-order chi connectivity index (χ1) is 17.1. The van der Waals surface area contributed by atoms with Crippen LogP contribution in [-0.4, -0.2) is 60.0 Å². The highest BCUT2D eigenvalue weighted by Crippen LogP contribution is 2.40. The molecule has 0 radical (unpaired) electrons. The SMILES string of the molecule is [2H]C([2H])([2H])Oc1cc(F)c2nc(N3CC[C@@H](N[C@@H]4CCOC4)C[C@H]3C)c(-c3nc(C)no3)c(C)c2c1. The molecule has 2 fully saturated rings. The van der Waals surface area contributed by atoms with E-state index in [4.69, 9.17) is 23.1 Å². The van der Waals surface area contributed by atoms with Crippen molar-refractivity contribution < 1.29 is 22.5 Å². The maximum absolute atomic E-state index is 15.3. The third kappa shape index (κ3) is 4.15. The molecule has 2 aliphatic heterocycles. The van der Waals surface area contributed by atoms with Crippen molar-refractivity contribution in [3.8, 4) is 17.2 Å². The number of anilines is 1. The standard InChI is InChI=1S/C24H30FN5O3/c1-13-9-16(27-17-6-8-32-12-17)5-7-30(13)23-21(24-26-15(3)29-33-24)14(2)19-10-18(31-4)11-20(25)22(19)28-23/h10-11,13,16-17,27H,5-9,12H2,1-4H3/t13-,16-,17-/m1/s1/i4D3. The van der Waals surface area contributed by atoms with Gasteiger partial charge in [0, 0.05) is 42.7 Å². The minimum absolute atomic E-state index is 0.0959. The van der Waals surface area contributed by atoms with E-state index in [2.05, 4.69) is 27.3 Å². The third-order valence-electron chi connectivity index (χ3n) is 6.67. The predicted molar refractivity (Wildman–Crippen MR) is 123 cm³/mol. The molecule has 3 aromatic rings. The van der Waals surface area contributed by atoms with Crippen molar-refractivity contribution in [2.75, 3.05) is 31.7 Å². The van der Waals surface area contributed by atoms with Crippen LogP contribution in [0.5, 0.6) is 5.75 Å². The summed E-state index contributed by atoms with van der Waals surface area (Å²) in [6, 6.07) is 3.41. The molecule has 4 heterocycles. The lowest BCUT2D eigenvalue weighted by atomic mass is 9.95. The van der Waals surface area contributed by atoms with Crippen molar-refractivity contribution in [1.82, 2.24) is 20.4 Å². The number of aryl methyl sites for hydroxylation is 2. The number of nitrogens with one attached hydrogen (secondary N) is 1. The number of hydrogen-bond donors (Lipinski definition) is 1. The minimum atomic E-state index is -2.70. The van der Waals surface area contributed by atoms with Gasteiger partial charge in [0.1, 0.15) is 17.1 Å². The number of benzene rings is 1. The number of piperidine rings is 1. The van der Waals surface area contributed by atoms with E-state index in [9.17, 15) is 0 Å². The van der Waals surface area contributed by atoms with Gasteiger partial charge in [-0.3, -0.25) is 0 Å². The Hall–Kier alpha value is -2.78. The molecule has 2 aliphatic rings. The molecule has 0 aliphatic carbocycles. The summed E-state index contributed by atoms with van der Waals surface area (Å²) in [6.45, 7) is 7.93. The van der Waals surface area contributed by atoms with Crippen molar-refractivity contribution in [1.29, 1.82) is 0 Å². The van der Waals surface area contributed by atoms with E-state index < -0.39 is 12.9 Å². The van der Waals surface area contributed by atoms with E-state index in [-0.39, 0.29) is 23.2 Å². The van der Waals surface area contributed by atoms with E-state index in [1.165, 1.54) is 6.07 Å². The Morgan fingerprint density at radius 2 is 2.12 bits per heavy atom. The third-order valence-corrected chi connectivity index (χ3v) is 6.67. The summed E-state index contributed by atoms with van der Waals surface area (Å²) in [6.07, 6.45) is 2.81. The summed E-state index contributed by atoms with van der Waals surface area (Å²) in [5.41, 5.74) is 1.40. The van der Waals surface area contributed by atoms with E-state index >= 15 is 4.39 Å². The van der Waals surface area contributed by atoms with Gasteiger partial charge in [-0.05, 0) is 51.7 Å². The largest absolute Gasteiger partial charge is 0.497 e. The van der Waals surface area contributed by atoms with Crippen LogP contribution in [0.25, 0.3) is 22.4 Å². The number of nitrogens with zero attached hydrogens (tertiary/aromatic N) is 4. The summed E-state index contributed by atoms with van der Waals surface area (Å²) in [4.78, 5) is 11.3. The fraction of sp³-hybridized carbons (Fsp3) is 0.542.